The van der Waals surface area contributed by atoms with Crippen LogP contribution in [0.1, 0.15) is 6.42 Å². The van der Waals surface area contributed by atoms with Gasteiger partial charge in [-0.25, -0.2) is 0 Å². The highest BCUT2D eigenvalue weighted by atomic mass is 79.9. The molecule has 1 heterocycles. The van der Waals surface area contributed by atoms with E-state index in [0.29, 0.717) is 6.54 Å². The van der Waals surface area contributed by atoms with Crippen LogP contribution in [-0.4, -0.2) is 60.6 Å². The molecule has 0 aromatic rings. The summed E-state index contributed by atoms with van der Waals surface area (Å²) in [5.41, 5.74) is 0. The van der Waals surface area contributed by atoms with E-state index in [1.165, 1.54) is 0 Å². The molecule has 0 N–H and O–H groups in total. The average Bonchev–Trinajstić information content (AvgIpc) is 2.29. The Bertz CT molecular complexity index is 198. The van der Waals surface area contributed by atoms with Crippen LogP contribution in [0.25, 0.3) is 0 Å². The third-order valence-electron chi connectivity index (χ3n) is 2.59. The summed E-state index contributed by atoms with van der Waals surface area (Å²) in [6, 6.07) is 0. The van der Waals surface area contributed by atoms with Gasteiger partial charge in [-0.1, -0.05) is 15.9 Å². The summed E-state index contributed by atoms with van der Waals surface area (Å²) >= 11 is 2.69. The molecule has 0 saturated carbocycles. The van der Waals surface area contributed by atoms with Crippen LogP contribution >= 0.6 is 15.9 Å². The Morgan fingerprint density at radius 1 is 1.20 bits per heavy atom. The van der Waals surface area contributed by atoms with Gasteiger partial charge in [0, 0.05) is 19.6 Å². The minimum atomic E-state index is -4.14. The largest absolute Gasteiger partial charge is 0.402 e. The topological polar surface area (TPSA) is 6.48 Å². The Morgan fingerprint density at radius 2 is 1.87 bits per heavy atom. The second-order valence-electron chi connectivity index (χ2n) is 3.97. The zero-order valence-electron chi connectivity index (χ0n) is 8.73. The molecule has 1 aliphatic heterocycles. The van der Waals surface area contributed by atoms with Crippen LogP contribution < -0.4 is 0 Å². The monoisotopic (exact) mass is 288 g/mol. The van der Waals surface area contributed by atoms with Gasteiger partial charge in [0.2, 0.25) is 0 Å². The molecule has 1 saturated heterocycles. The molecule has 0 aromatic heterocycles. The molecule has 1 fully saturated rings. The van der Waals surface area contributed by atoms with E-state index < -0.39 is 11.0 Å². The Hall–Kier alpha value is 0.190. The van der Waals surface area contributed by atoms with Crippen molar-refractivity contribution in [2.75, 3.05) is 39.8 Å². The maximum Gasteiger partial charge on any atom is 0.402 e. The van der Waals surface area contributed by atoms with Crippen LogP contribution in [0.4, 0.5) is 13.2 Å². The Labute approximate surface area is 96.5 Å². The minimum Gasteiger partial charge on any atom is -0.305 e. The van der Waals surface area contributed by atoms with E-state index in [1.807, 2.05) is 11.9 Å². The summed E-state index contributed by atoms with van der Waals surface area (Å²) in [5, 5.41) is 0. The molecule has 0 bridgehead atoms. The first-order chi connectivity index (χ1) is 6.89. The number of alkyl halides is 4. The van der Waals surface area contributed by atoms with Gasteiger partial charge in [-0.05, 0) is 26.6 Å². The molecule has 0 radical (unpaired) electrons. The summed E-state index contributed by atoms with van der Waals surface area (Å²) in [6.07, 6.45) is -3.20. The van der Waals surface area contributed by atoms with Gasteiger partial charge in [0.1, 0.15) is 4.83 Å². The number of hydrogen-bond acceptors (Lipinski definition) is 2. The molecule has 6 heteroatoms. The quantitative estimate of drug-likeness (QED) is 0.717. The number of hydrogen-bond donors (Lipinski definition) is 0. The van der Waals surface area contributed by atoms with E-state index >= 15 is 0 Å². The minimum absolute atomic E-state index is 0.0529. The standard InChI is InChI=1S/C9H16BrF3N2/c1-14-3-2-4-15(6-5-14)7-8(10)9(11,12)13/h8H,2-7H2,1H3. The highest BCUT2D eigenvalue weighted by Crippen LogP contribution is 2.27. The zero-order chi connectivity index (χ0) is 11.5. The molecule has 1 atom stereocenters. The van der Waals surface area contributed by atoms with Crippen molar-refractivity contribution in [3.8, 4) is 0 Å². The van der Waals surface area contributed by atoms with Gasteiger partial charge in [-0.3, -0.25) is 0 Å². The highest BCUT2D eigenvalue weighted by molar-refractivity contribution is 9.09. The zero-order valence-corrected chi connectivity index (χ0v) is 10.3. The number of rotatable bonds is 2. The van der Waals surface area contributed by atoms with Crippen LogP contribution in [0.15, 0.2) is 0 Å². The predicted molar refractivity (Wildman–Crippen MR) is 57.3 cm³/mol. The molecule has 15 heavy (non-hydrogen) atoms. The Balaban J connectivity index is 2.38. The summed E-state index contributed by atoms with van der Waals surface area (Å²) < 4.78 is 36.9. The summed E-state index contributed by atoms with van der Waals surface area (Å²) in [6.45, 7) is 3.33. The number of likely N-dealkylation sites (N-methyl/N-ethyl adjacent to an activating group) is 1. The lowest BCUT2D eigenvalue weighted by Crippen LogP contribution is -2.39. The van der Waals surface area contributed by atoms with Gasteiger partial charge in [0.05, 0.1) is 0 Å². The van der Waals surface area contributed by atoms with Crippen molar-refractivity contribution in [2.45, 2.75) is 17.4 Å². The van der Waals surface area contributed by atoms with E-state index in [9.17, 15) is 13.2 Å². The van der Waals surface area contributed by atoms with Crippen LogP contribution in [0.5, 0.6) is 0 Å². The van der Waals surface area contributed by atoms with Gasteiger partial charge in [-0.2, -0.15) is 13.2 Å². The Morgan fingerprint density at radius 3 is 2.47 bits per heavy atom. The third-order valence-corrected chi connectivity index (χ3v) is 3.39. The lowest BCUT2D eigenvalue weighted by molar-refractivity contribution is -0.130. The molecule has 2 nitrogen and oxygen atoms in total. The fourth-order valence-corrected chi connectivity index (χ4v) is 2.02. The van der Waals surface area contributed by atoms with E-state index in [2.05, 4.69) is 20.8 Å². The summed E-state index contributed by atoms with van der Waals surface area (Å²) in [4.78, 5) is 2.61. The molecule has 90 valence electrons. The molecule has 0 aliphatic carbocycles. The first-order valence-corrected chi connectivity index (χ1v) is 5.93. The van der Waals surface area contributed by atoms with Crippen LogP contribution in [0.3, 0.4) is 0 Å². The molecule has 0 aromatic carbocycles. The van der Waals surface area contributed by atoms with Crippen LogP contribution in [-0.2, 0) is 0 Å². The van der Waals surface area contributed by atoms with Crippen molar-refractivity contribution >= 4 is 15.9 Å². The SMILES string of the molecule is CN1CCCN(CC(Br)C(F)(F)F)CC1. The molecule has 0 spiro atoms. The normalized spacial score (nSPS) is 23.8. The fraction of sp³-hybridized carbons (Fsp3) is 1.00. The summed E-state index contributed by atoms with van der Waals surface area (Å²) in [5.74, 6) is 0. The number of halogens is 4. The van der Waals surface area contributed by atoms with Crippen LogP contribution in [0.2, 0.25) is 0 Å². The highest BCUT2D eigenvalue weighted by Gasteiger charge is 2.38. The fourth-order valence-electron chi connectivity index (χ4n) is 1.61. The van der Waals surface area contributed by atoms with E-state index in [4.69, 9.17) is 0 Å². The molecular formula is C9H16BrF3N2. The van der Waals surface area contributed by atoms with E-state index in [-0.39, 0.29) is 6.54 Å². The van der Waals surface area contributed by atoms with Crippen LogP contribution in [0, 0.1) is 0 Å². The molecule has 1 unspecified atom stereocenters. The number of nitrogens with zero attached hydrogens (tertiary/aromatic N) is 2. The second kappa shape index (κ2) is 5.50. The van der Waals surface area contributed by atoms with Gasteiger partial charge < -0.3 is 9.80 Å². The molecular weight excluding hydrogens is 273 g/mol. The van der Waals surface area contributed by atoms with Gasteiger partial charge in [-0.15, -0.1) is 0 Å². The van der Waals surface area contributed by atoms with E-state index in [0.717, 1.165) is 26.1 Å². The first kappa shape index (κ1) is 13.3. The van der Waals surface area contributed by atoms with Crippen molar-refractivity contribution in [2.24, 2.45) is 0 Å². The van der Waals surface area contributed by atoms with Crippen molar-refractivity contribution in [3.63, 3.8) is 0 Å². The lowest BCUT2D eigenvalue weighted by atomic mass is 10.3. The molecule has 1 rings (SSSR count). The van der Waals surface area contributed by atoms with Gasteiger partial charge in [0.25, 0.3) is 0 Å². The maximum atomic E-state index is 12.3. The maximum absolute atomic E-state index is 12.3. The van der Waals surface area contributed by atoms with Gasteiger partial charge >= 0.3 is 6.18 Å². The smallest absolute Gasteiger partial charge is 0.305 e. The first-order valence-electron chi connectivity index (χ1n) is 5.01. The van der Waals surface area contributed by atoms with Crippen molar-refractivity contribution in [1.82, 2.24) is 9.80 Å². The third kappa shape index (κ3) is 4.70. The molecule has 1 aliphatic rings. The van der Waals surface area contributed by atoms with Crippen molar-refractivity contribution < 1.29 is 13.2 Å². The van der Waals surface area contributed by atoms with E-state index in [1.54, 1.807) is 0 Å². The summed E-state index contributed by atoms with van der Waals surface area (Å²) in [7, 11) is 2.00. The van der Waals surface area contributed by atoms with Crippen molar-refractivity contribution in [3.05, 3.63) is 0 Å². The lowest BCUT2D eigenvalue weighted by Gasteiger charge is -2.24. The predicted octanol–water partition coefficient (Wildman–Crippen LogP) is 1.95. The van der Waals surface area contributed by atoms with Gasteiger partial charge in [0.15, 0.2) is 0 Å². The second-order valence-corrected chi connectivity index (χ2v) is 5.07. The molecule has 0 amide bonds. The average molecular weight is 289 g/mol. The van der Waals surface area contributed by atoms with Crippen molar-refractivity contribution in [1.29, 1.82) is 0 Å². The Kier molecular flexibility index (Phi) is 4.86.